The summed E-state index contributed by atoms with van der Waals surface area (Å²) in [5.74, 6) is 0.219. The molecule has 4 nitrogen and oxygen atoms in total. The number of rotatable bonds is 7. The Kier molecular flexibility index (Phi) is 6.21. The van der Waals surface area contributed by atoms with Crippen molar-refractivity contribution in [2.75, 3.05) is 6.16 Å². The van der Waals surface area contributed by atoms with Gasteiger partial charge in [0.15, 0.2) is 0 Å². The van der Waals surface area contributed by atoms with Crippen LogP contribution < -0.4 is 0 Å². The zero-order valence-electron chi connectivity index (χ0n) is 7.90. The molecule has 0 aliphatic carbocycles. The first-order chi connectivity index (χ1) is 5.95. The Morgan fingerprint density at radius 3 is 2.31 bits per heavy atom. The van der Waals surface area contributed by atoms with Gasteiger partial charge in [0, 0.05) is 19.0 Å². The summed E-state index contributed by atoms with van der Waals surface area (Å²) in [7, 11) is -3.82. The van der Waals surface area contributed by atoms with Gasteiger partial charge >= 0.3 is 7.60 Å². The molecule has 0 unspecified atom stereocenters. The van der Waals surface area contributed by atoms with E-state index in [0.717, 1.165) is 12.8 Å². The van der Waals surface area contributed by atoms with Gasteiger partial charge in [0.2, 0.25) is 0 Å². The molecule has 0 saturated carbocycles. The van der Waals surface area contributed by atoms with E-state index in [2.05, 4.69) is 0 Å². The molecule has 0 fully saturated rings. The number of Topliss-reactive ketones (excluding diaryl/α,β-unsaturated/α-hetero) is 1. The van der Waals surface area contributed by atoms with Gasteiger partial charge < -0.3 is 9.79 Å². The normalized spacial score (nSPS) is 11.6. The van der Waals surface area contributed by atoms with Crippen molar-refractivity contribution in [3.63, 3.8) is 0 Å². The fourth-order valence-electron chi connectivity index (χ4n) is 0.993. The van der Waals surface area contributed by atoms with Gasteiger partial charge in [-0.15, -0.1) is 0 Å². The number of carbonyl (C=O) groups is 1. The first kappa shape index (κ1) is 12.8. The molecule has 0 aromatic carbocycles. The van der Waals surface area contributed by atoms with Crippen molar-refractivity contribution in [3.05, 3.63) is 0 Å². The monoisotopic (exact) mass is 208 g/mol. The lowest BCUT2D eigenvalue weighted by Crippen LogP contribution is -1.95. The van der Waals surface area contributed by atoms with Crippen LogP contribution in [0.5, 0.6) is 0 Å². The molecule has 0 rings (SSSR count). The quantitative estimate of drug-likeness (QED) is 0.493. The molecule has 0 aromatic rings. The van der Waals surface area contributed by atoms with Crippen molar-refractivity contribution in [1.29, 1.82) is 0 Å². The van der Waals surface area contributed by atoms with E-state index in [9.17, 15) is 9.36 Å². The Labute approximate surface area is 78.5 Å². The van der Waals surface area contributed by atoms with E-state index < -0.39 is 7.60 Å². The molecule has 0 aromatic heterocycles. The predicted octanol–water partition coefficient (Wildman–Crippen LogP) is 1.70. The summed E-state index contributed by atoms with van der Waals surface area (Å²) in [5, 5.41) is 0. The highest BCUT2D eigenvalue weighted by Crippen LogP contribution is 2.35. The third kappa shape index (κ3) is 9.74. The average molecular weight is 208 g/mol. The molecule has 0 aliphatic rings. The highest BCUT2D eigenvalue weighted by atomic mass is 31.2. The van der Waals surface area contributed by atoms with Gasteiger partial charge in [-0.3, -0.25) is 9.36 Å². The van der Waals surface area contributed by atoms with Crippen LogP contribution in [0.15, 0.2) is 0 Å². The van der Waals surface area contributed by atoms with Crippen molar-refractivity contribution in [2.24, 2.45) is 0 Å². The third-order valence-corrected chi connectivity index (χ3v) is 2.70. The molecule has 78 valence electrons. The lowest BCUT2D eigenvalue weighted by molar-refractivity contribution is -0.118. The maximum absolute atomic E-state index is 10.8. The van der Waals surface area contributed by atoms with Crippen LogP contribution in [0.25, 0.3) is 0 Å². The molecule has 0 heterocycles. The fourth-order valence-corrected chi connectivity index (χ4v) is 1.63. The van der Waals surface area contributed by atoms with E-state index in [1.807, 2.05) is 6.92 Å². The van der Waals surface area contributed by atoms with E-state index in [0.29, 0.717) is 19.3 Å². The fraction of sp³-hybridized carbons (Fsp3) is 0.875. The Morgan fingerprint density at radius 1 is 1.23 bits per heavy atom. The third-order valence-electron chi connectivity index (χ3n) is 1.80. The molecule has 0 aliphatic heterocycles. The van der Waals surface area contributed by atoms with Gasteiger partial charge in [-0.05, 0) is 12.8 Å². The molecule has 5 heteroatoms. The zero-order chi connectivity index (χ0) is 10.3. The second-order valence-corrected chi connectivity index (χ2v) is 4.87. The van der Waals surface area contributed by atoms with Crippen LogP contribution >= 0.6 is 7.60 Å². The van der Waals surface area contributed by atoms with Crippen LogP contribution in [0.1, 0.15) is 39.0 Å². The van der Waals surface area contributed by atoms with E-state index >= 15 is 0 Å². The van der Waals surface area contributed by atoms with Gasteiger partial charge in [-0.1, -0.05) is 13.3 Å². The Bertz CT molecular complexity index is 196. The number of hydrogen-bond donors (Lipinski definition) is 2. The number of ketones is 1. The average Bonchev–Trinajstić information content (AvgIpc) is 2.01. The van der Waals surface area contributed by atoms with E-state index in [1.54, 1.807) is 0 Å². The van der Waals surface area contributed by atoms with Crippen LogP contribution in [0.3, 0.4) is 0 Å². The minimum atomic E-state index is -3.82. The van der Waals surface area contributed by atoms with Gasteiger partial charge in [0.05, 0.1) is 0 Å². The van der Waals surface area contributed by atoms with Crippen molar-refractivity contribution in [2.45, 2.75) is 39.0 Å². The van der Waals surface area contributed by atoms with Gasteiger partial charge in [-0.25, -0.2) is 0 Å². The smallest absolute Gasteiger partial charge is 0.324 e. The zero-order valence-corrected chi connectivity index (χ0v) is 8.80. The van der Waals surface area contributed by atoms with Gasteiger partial charge in [0.1, 0.15) is 5.78 Å². The van der Waals surface area contributed by atoms with E-state index in [-0.39, 0.29) is 11.9 Å². The number of hydrogen-bond acceptors (Lipinski definition) is 2. The molecule has 0 amide bonds. The Balaban J connectivity index is 3.27. The number of carbonyl (C=O) groups excluding carboxylic acids is 1. The summed E-state index contributed by atoms with van der Waals surface area (Å²) in [4.78, 5) is 27.9. The first-order valence-corrected chi connectivity index (χ1v) is 6.31. The first-order valence-electron chi connectivity index (χ1n) is 4.52. The molecule has 2 N–H and O–H groups in total. The molecule has 0 atom stereocenters. The summed E-state index contributed by atoms with van der Waals surface area (Å²) in [6, 6.07) is 0. The van der Waals surface area contributed by atoms with Gasteiger partial charge in [0.25, 0.3) is 0 Å². The maximum Gasteiger partial charge on any atom is 0.325 e. The largest absolute Gasteiger partial charge is 0.325 e. The topological polar surface area (TPSA) is 74.6 Å². The predicted molar refractivity (Wildman–Crippen MR) is 50.7 cm³/mol. The van der Waals surface area contributed by atoms with Crippen molar-refractivity contribution >= 4 is 13.4 Å². The summed E-state index contributed by atoms with van der Waals surface area (Å²) in [6.45, 7) is 1.82. The van der Waals surface area contributed by atoms with E-state index in [4.69, 9.17) is 9.79 Å². The van der Waals surface area contributed by atoms with Crippen molar-refractivity contribution < 1.29 is 19.1 Å². The SMILES string of the molecule is CCC(=O)CCCCCP(=O)(O)O. The summed E-state index contributed by atoms with van der Waals surface area (Å²) in [6.07, 6.45) is 2.99. The Morgan fingerprint density at radius 2 is 1.85 bits per heavy atom. The minimum absolute atomic E-state index is 0.0622. The molecular formula is C8H17O4P. The standard InChI is InChI=1S/C8H17O4P/c1-2-8(9)6-4-3-5-7-13(10,11)12/h2-7H2,1H3,(H2,10,11,12). The molecule has 0 spiro atoms. The second kappa shape index (κ2) is 6.30. The highest BCUT2D eigenvalue weighted by molar-refractivity contribution is 7.51. The van der Waals surface area contributed by atoms with Crippen LogP contribution in [-0.4, -0.2) is 21.7 Å². The summed E-state index contributed by atoms with van der Waals surface area (Å²) in [5.41, 5.74) is 0. The highest BCUT2D eigenvalue weighted by Gasteiger charge is 2.11. The Hall–Kier alpha value is -0.180. The van der Waals surface area contributed by atoms with Crippen LogP contribution in [0, 0.1) is 0 Å². The van der Waals surface area contributed by atoms with Gasteiger partial charge in [-0.2, -0.15) is 0 Å². The minimum Gasteiger partial charge on any atom is -0.324 e. The molecule has 0 bridgehead atoms. The van der Waals surface area contributed by atoms with Crippen molar-refractivity contribution in [1.82, 2.24) is 0 Å². The second-order valence-electron chi connectivity index (χ2n) is 3.09. The summed E-state index contributed by atoms with van der Waals surface area (Å²) >= 11 is 0. The number of unbranched alkanes of at least 4 members (excludes halogenated alkanes) is 2. The van der Waals surface area contributed by atoms with E-state index in [1.165, 1.54) is 0 Å². The molecular weight excluding hydrogens is 191 g/mol. The van der Waals surface area contributed by atoms with Crippen LogP contribution in [-0.2, 0) is 9.36 Å². The molecule has 0 saturated heterocycles. The van der Waals surface area contributed by atoms with Crippen molar-refractivity contribution in [3.8, 4) is 0 Å². The maximum atomic E-state index is 10.8. The summed E-state index contributed by atoms with van der Waals surface area (Å²) < 4.78 is 10.4. The molecule has 13 heavy (non-hydrogen) atoms. The molecule has 0 radical (unpaired) electrons. The lowest BCUT2D eigenvalue weighted by atomic mass is 10.1. The lowest BCUT2D eigenvalue weighted by Gasteiger charge is -2.02. The van der Waals surface area contributed by atoms with Crippen LogP contribution in [0.2, 0.25) is 0 Å². The van der Waals surface area contributed by atoms with Crippen LogP contribution in [0.4, 0.5) is 0 Å².